The van der Waals surface area contributed by atoms with Crippen molar-refractivity contribution in [2.45, 2.75) is 5.50 Å². The summed E-state index contributed by atoms with van der Waals surface area (Å²) in [6, 6.07) is 0. The summed E-state index contributed by atoms with van der Waals surface area (Å²) >= 11 is 1.10. The Kier molecular flexibility index (Phi) is 1.48. The highest BCUT2D eigenvalue weighted by Crippen LogP contribution is 2.19. The van der Waals surface area contributed by atoms with E-state index in [1.165, 1.54) is 6.21 Å². The van der Waals surface area contributed by atoms with Crippen molar-refractivity contribution in [3.8, 4) is 0 Å². The fourth-order valence-corrected chi connectivity index (χ4v) is 0.874. The van der Waals surface area contributed by atoms with E-state index < -0.39 is 10.4 Å². The van der Waals surface area contributed by atoms with Gasteiger partial charge in [-0.15, -0.1) is 0 Å². The van der Waals surface area contributed by atoms with E-state index in [0.717, 1.165) is 11.8 Å². The SMILES string of the molecule is O=[N+]([O-])C1N=C[CH]S1. The molecule has 1 unspecified atom stereocenters. The van der Waals surface area contributed by atoms with Gasteiger partial charge in [0, 0.05) is 6.21 Å². The van der Waals surface area contributed by atoms with E-state index in [-0.39, 0.29) is 0 Å². The van der Waals surface area contributed by atoms with E-state index in [1.807, 2.05) is 0 Å². The first-order chi connectivity index (χ1) is 3.80. The molecule has 1 rings (SSSR count). The molecule has 0 aromatic carbocycles. The average molecular weight is 131 g/mol. The fourth-order valence-electron chi connectivity index (χ4n) is 0.353. The number of nitro groups is 1. The molecule has 0 aliphatic carbocycles. The van der Waals surface area contributed by atoms with Gasteiger partial charge >= 0.3 is 5.50 Å². The van der Waals surface area contributed by atoms with E-state index in [2.05, 4.69) is 4.99 Å². The molecule has 4 nitrogen and oxygen atoms in total. The van der Waals surface area contributed by atoms with Crippen molar-refractivity contribution in [2.24, 2.45) is 4.99 Å². The van der Waals surface area contributed by atoms with Gasteiger partial charge in [0.2, 0.25) is 0 Å². The maximum Gasteiger partial charge on any atom is 0.352 e. The van der Waals surface area contributed by atoms with Crippen LogP contribution in [0, 0.1) is 15.9 Å². The van der Waals surface area contributed by atoms with E-state index in [1.54, 1.807) is 5.75 Å². The average Bonchev–Trinajstić information content (AvgIpc) is 2.12. The second-order valence-electron chi connectivity index (χ2n) is 1.18. The Balaban J connectivity index is 2.48. The van der Waals surface area contributed by atoms with E-state index in [0.29, 0.717) is 0 Å². The Labute approximate surface area is 50.1 Å². The minimum Gasteiger partial charge on any atom is -0.261 e. The highest BCUT2D eigenvalue weighted by Gasteiger charge is 2.21. The first-order valence-electron chi connectivity index (χ1n) is 1.94. The first-order valence-corrected chi connectivity index (χ1v) is 2.89. The van der Waals surface area contributed by atoms with Crippen molar-refractivity contribution in [1.82, 2.24) is 0 Å². The standard InChI is InChI=1S/C3H3N2O2S/c6-5(7)3-4-1-2-8-3/h1-3H. The van der Waals surface area contributed by atoms with Crippen molar-refractivity contribution in [1.29, 1.82) is 0 Å². The van der Waals surface area contributed by atoms with E-state index >= 15 is 0 Å². The summed E-state index contributed by atoms with van der Waals surface area (Å²) in [7, 11) is 0. The molecular weight excluding hydrogens is 128 g/mol. The Morgan fingerprint density at radius 2 is 2.62 bits per heavy atom. The lowest BCUT2D eigenvalue weighted by atomic mass is 10.9. The van der Waals surface area contributed by atoms with Crippen molar-refractivity contribution in [2.75, 3.05) is 0 Å². The van der Waals surface area contributed by atoms with Gasteiger partial charge in [-0.05, 0) is 11.8 Å². The van der Waals surface area contributed by atoms with Gasteiger partial charge in [0.1, 0.15) is 0 Å². The van der Waals surface area contributed by atoms with Gasteiger partial charge in [-0.2, -0.15) is 0 Å². The maximum absolute atomic E-state index is 9.85. The minimum absolute atomic E-state index is 0.426. The van der Waals surface area contributed by atoms with Crippen molar-refractivity contribution in [3.63, 3.8) is 0 Å². The zero-order valence-electron chi connectivity index (χ0n) is 3.85. The summed E-state index contributed by atoms with van der Waals surface area (Å²) < 4.78 is 0. The van der Waals surface area contributed by atoms with Crippen LogP contribution in [0.3, 0.4) is 0 Å². The third-order valence-electron chi connectivity index (χ3n) is 0.655. The van der Waals surface area contributed by atoms with Crippen molar-refractivity contribution >= 4 is 18.0 Å². The summed E-state index contributed by atoms with van der Waals surface area (Å²) in [5, 5.41) is 9.85. The summed E-state index contributed by atoms with van der Waals surface area (Å²) in [5.74, 6) is 1.60. The van der Waals surface area contributed by atoms with Gasteiger partial charge in [-0.1, -0.05) is 0 Å². The summed E-state index contributed by atoms with van der Waals surface area (Å²) in [6.07, 6.45) is 1.44. The molecule has 0 bridgehead atoms. The number of hydrogen-bond donors (Lipinski definition) is 0. The van der Waals surface area contributed by atoms with Gasteiger partial charge in [-0.3, -0.25) is 10.1 Å². The topological polar surface area (TPSA) is 55.5 Å². The molecule has 0 fully saturated rings. The Morgan fingerprint density at radius 1 is 1.88 bits per heavy atom. The number of hydrogen-bond acceptors (Lipinski definition) is 4. The largest absolute Gasteiger partial charge is 0.352 e. The molecule has 0 amide bonds. The summed E-state index contributed by atoms with van der Waals surface area (Å²) in [6.45, 7) is 0. The third kappa shape index (κ3) is 0.975. The second-order valence-corrected chi connectivity index (χ2v) is 2.15. The van der Waals surface area contributed by atoms with Gasteiger partial charge in [-0.25, -0.2) is 4.99 Å². The summed E-state index contributed by atoms with van der Waals surface area (Å²) in [5.41, 5.74) is -0.782. The van der Waals surface area contributed by atoms with Crippen LogP contribution in [0.1, 0.15) is 0 Å². The number of aliphatic imine (C=N–C) groups is 1. The third-order valence-corrected chi connectivity index (χ3v) is 1.47. The van der Waals surface area contributed by atoms with Gasteiger partial charge in [0.15, 0.2) is 0 Å². The Hall–Kier alpha value is -0.580. The zero-order valence-corrected chi connectivity index (χ0v) is 4.67. The maximum atomic E-state index is 9.85. The predicted octanol–water partition coefficient (Wildman–Crippen LogP) is 0.526. The van der Waals surface area contributed by atoms with Crippen molar-refractivity contribution in [3.05, 3.63) is 15.9 Å². The fraction of sp³-hybridized carbons (Fsp3) is 0.333. The van der Waals surface area contributed by atoms with Crippen LogP contribution < -0.4 is 0 Å². The van der Waals surface area contributed by atoms with Crippen LogP contribution in [0.2, 0.25) is 0 Å². The lowest BCUT2D eigenvalue weighted by Gasteiger charge is -1.91. The normalized spacial score (nSPS) is 26.2. The van der Waals surface area contributed by atoms with Crippen LogP contribution >= 0.6 is 11.8 Å². The van der Waals surface area contributed by atoms with Crippen LogP contribution in [-0.4, -0.2) is 16.6 Å². The van der Waals surface area contributed by atoms with E-state index in [9.17, 15) is 10.1 Å². The van der Waals surface area contributed by atoms with Gasteiger partial charge in [0.05, 0.1) is 10.7 Å². The van der Waals surface area contributed by atoms with Crippen LogP contribution in [0.25, 0.3) is 0 Å². The monoisotopic (exact) mass is 131 g/mol. The number of thioether (sulfide) groups is 1. The lowest BCUT2D eigenvalue weighted by molar-refractivity contribution is -0.492. The minimum atomic E-state index is -0.782. The van der Waals surface area contributed by atoms with Crippen molar-refractivity contribution < 1.29 is 4.92 Å². The molecule has 1 aliphatic heterocycles. The predicted molar refractivity (Wildman–Crippen MR) is 31.2 cm³/mol. The molecule has 1 radical (unpaired) electrons. The molecule has 0 aromatic heterocycles. The molecule has 1 aliphatic rings. The summed E-state index contributed by atoms with van der Waals surface area (Å²) in [4.78, 5) is 12.9. The molecule has 1 atom stereocenters. The van der Waals surface area contributed by atoms with Crippen LogP contribution in [0.5, 0.6) is 0 Å². The highest BCUT2D eigenvalue weighted by atomic mass is 32.2. The van der Waals surface area contributed by atoms with E-state index in [4.69, 9.17) is 0 Å². The smallest absolute Gasteiger partial charge is 0.261 e. The Morgan fingerprint density at radius 3 is 2.88 bits per heavy atom. The molecular formula is C3H3N2O2S. The molecule has 0 N–H and O–H groups in total. The molecule has 0 saturated heterocycles. The first kappa shape index (κ1) is 5.55. The number of rotatable bonds is 1. The quantitative estimate of drug-likeness (QED) is 0.385. The molecule has 43 valence electrons. The molecule has 5 heteroatoms. The van der Waals surface area contributed by atoms with Crippen LogP contribution in [0.15, 0.2) is 4.99 Å². The Bertz CT molecular complexity index is 135. The molecule has 8 heavy (non-hydrogen) atoms. The van der Waals surface area contributed by atoms with Crippen LogP contribution in [-0.2, 0) is 0 Å². The highest BCUT2D eigenvalue weighted by molar-refractivity contribution is 8.02. The number of nitrogens with zero attached hydrogens (tertiary/aromatic N) is 2. The molecule has 0 aromatic rings. The van der Waals surface area contributed by atoms with Gasteiger partial charge in [0.25, 0.3) is 0 Å². The molecule has 0 spiro atoms. The van der Waals surface area contributed by atoms with Crippen LogP contribution in [0.4, 0.5) is 0 Å². The molecule has 0 saturated carbocycles. The lowest BCUT2D eigenvalue weighted by Crippen LogP contribution is -2.08. The second kappa shape index (κ2) is 2.13. The van der Waals surface area contributed by atoms with Gasteiger partial charge < -0.3 is 0 Å². The molecule has 1 heterocycles. The zero-order chi connectivity index (χ0) is 5.98.